The molecule has 0 radical (unpaired) electrons. The molecular weight excluding hydrogens is 230 g/mol. The van der Waals surface area contributed by atoms with E-state index < -0.39 is 0 Å². The number of aromatic nitrogens is 4. The second-order valence-corrected chi connectivity index (χ2v) is 4.52. The number of rotatable bonds is 3. The molecule has 0 saturated heterocycles. The summed E-state index contributed by atoms with van der Waals surface area (Å²) in [6.45, 7) is 1.96. The first-order valence-electron chi connectivity index (χ1n) is 5.89. The molecule has 1 amide bonds. The molecule has 0 aliphatic heterocycles. The van der Waals surface area contributed by atoms with Gasteiger partial charge in [0.1, 0.15) is 6.33 Å². The Balaban J connectivity index is 1.82. The van der Waals surface area contributed by atoms with E-state index in [1.165, 1.54) is 0 Å². The Hall–Kier alpha value is -2.24. The molecule has 1 aromatic heterocycles. The van der Waals surface area contributed by atoms with Crippen molar-refractivity contribution >= 4 is 11.6 Å². The SMILES string of the molecule is Cc1cc(NC(=O)C2CC2)ccc1-n1cnnn1. The molecule has 1 aliphatic carbocycles. The van der Waals surface area contributed by atoms with Crippen LogP contribution in [0.3, 0.4) is 0 Å². The number of hydrogen-bond donors (Lipinski definition) is 1. The van der Waals surface area contributed by atoms with Gasteiger partial charge in [0.05, 0.1) is 5.69 Å². The predicted octanol–water partition coefficient (Wildman–Crippen LogP) is 1.32. The lowest BCUT2D eigenvalue weighted by Gasteiger charge is -2.08. The van der Waals surface area contributed by atoms with Crippen LogP contribution in [-0.4, -0.2) is 26.1 Å². The van der Waals surface area contributed by atoms with E-state index in [4.69, 9.17) is 0 Å². The smallest absolute Gasteiger partial charge is 0.227 e. The van der Waals surface area contributed by atoms with Gasteiger partial charge in [-0.25, -0.2) is 4.68 Å². The average Bonchev–Trinajstić information content (AvgIpc) is 3.07. The molecule has 1 aromatic carbocycles. The van der Waals surface area contributed by atoms with Crippen LogP contribution < -0.4 is 5.32 Å². The highest BCUT2D eigenvalue weighted by molar-refractivity contribution is 5.94. The van der Waals surface area contributed by atoms with Crippen molar-refractivity contribution in [3.8, 4) is 5.69 Å². The van der Waals surface area contributed by atoms with Crippen molar-refractivity contribution in [3.05, 3.63) is 30.1 Å². The van der Waals surface area contributed by atoms with Gasteiger partial charge in [-0.2, -0.15) is 0 Å². The van der Waals surface area contributed by atoms with Crippen LogP contribution >= 0.6 is 0 Å². The summed E-state index contributed by atoms with van der Waals surface area (Å²) >= 11 is 0. The number of tetrazole rings is 1. The van der Waals surface area contributed by atoms with Gasteiger partial charge in [0, 0.05) is 11.6 Å². The zero-order valence-corrected chi connectivity index (χ0v) is 10.00. The lowest BCUT2D eigenvalue weighted by molar-refractivity contribution is -0.117. The van der Waals surface area contributed by atoms with E-state index in [0.717, 1.165) is 29.8 Å². The van der Waals surface area contributed by atoms with Gasteiger partial charge in [0.15, 0.2) is 0 Å². The lowest BCUT2D eigenvalue weighted by Crippen LogP contribution is -2.13. The summed E-state index contributed by atoms with van der Waals surface area (Å²) in [5.41, 5.74) is 2.74. The second kappa shape index (κ2) is 4.21. The van der Waals surface area contributed by atoms with Crippen LogP contribution in [0.5, 0.6) is 0 Å². The predicted molar refractivity (Wildman–Crippen MR) is 65.2 cm³/mol. The number of anilines is 1. The largest absolute Gasteiger partial charge is 0.326 e. The summed E-state index contributed by atoms with van der Waals surface area (Å²) in [6, 6.07) is 5.69. The fraction of sp³-hybridized carbons (Fsp3) is 0.333. The highest BCUT2D eigenvalue weighted by Gasteiger charge is 2.29. The molecule has 0 bridgehead atoms. The van der Waals surface area contributed by atoms with Gasteiger partial charge in [-0.15, -0.1) is 5.10 Å². The van der Waals surface area contributed by atoms with E-state index in [9.17, 15) is 4.79 Å². The summed E-state index contributed by atoms with van der Waals surface area (Å²) in [5, 5.41) is 14.0. The Bertz CT molecular complexity index is 574. The minimum atomic E-state index is 0.115. The number of nitrogens with zero attached hydrogens (tertiary/aromatic N) is 4. The zero-order chi connectivity index (χ0) is 12.5. The number of carbonyl (C=O) groups is 1. The Labute approximate surface area is 104 Å². The molecule has 18 heavy (non-hydrogen) atoms. The van der Waals surface area contributed by atoms with E-state index in [0.29, 0.717) is 0 Å². The number of carbonyl (C=O) groups excluding carboxylic acids is 1. The van der Waals surface area contributed by atoms with Gasteiger partial charge in [0.2, 0.25) is 5.91 Å². The molecule has 6 nitrogen and oxygen atoms in total. The Morgan fingerprint density at radius 2 is 2.28 bits per heavy atom. The summed E-state index contributed by atoms with van der Waals surface area (Å²) < 4.78 is 1.60. The topological polar surface area (TPSA) is 72.7 Å². The Morgan fingerprint density at radius 1 is 1.44 bits per heavy atom. The maximum atomic E-state index is 11.7. The second-order valence-electron chi connectivity index (χ2n) is 4.52. The van der Waals surface area contributed by atoms with Crippen molar-refractivity contribution in [2.75, 3.05) is 5.32 Å². The molecule has 2 aromatic rings. The third-order valence-electron chi connectivity index (χ3n) is 3.01. The van der Waals surface area contributed by atoms with E-state index in [1.54, 1.807) is 11.0 Å². The molecule has 3 rings (SSSR count). The van der Waals surface area contributed by atoms with E-state index in [1.807, 2.05) is 25.1 Å². The number of hydrogen-bond acceptors (Lipinski definition) is 4. The van der Waals surface area contributed by atoms with Crippen LogP contribution in [0.2, 0.25) is 0 Å². The normalized spacial score (nSPS) is 14.5. The fourth-order valence-electron chi connectivity index (χ4n) is 1.85. The van der Waals surface area contributed by atoms with Crippen molar-refractivity contribution in [1.29, 1.82) is 0 Å². The summed E-state index contributed by atoms with van der Waals surface area (Å²) in [5.74, 6) is 0.328. The van der Waals surface area contributed by atoms with Crippen molar-refractivity contribution in [2.45, 2.75) is 19.8 Å². The van der Waals surface area contributed by atoms with Crippen LogP contribution in [0, 0.1) is 12.8 Å². The van der Waals surface area contributed by atoms with Gasteiger partial charge in [0.25, 0.3) is 0 Å². The fourth-order valence-corrected chi connectivity index (χ4v) is 1.85. The molecule has 1 fully saturated rings. The van der Waals surface area contributed by atoms with Crippen LogP contribution in [0.4, 0.5) is 5.69 Å². The minimum absolute atomic E-state index is 0.115. The molecule has 0 spiro atoms. The zero-order valence-electron chi connectivity index (χ0n) is 10.00. The Kier molecular flexibility index (Phi) is 2.55. The third kappa shape index (κ3) is 2.09. The summed E-state index contributed by atoms with van der Waals surface area (Å²) in [7, 11) is 0. The number of nitrogens with one attached hydrogen (secondary N) is 1. The molecule has 1 aliphatic rings. The highest BCUT2D eigenvalue weighted by Crippen LogP contribution is 2.30. The highest BCUT2D eigenvalue weighted by atomic mass is 16.2. The number of benzene rings is 1. The molecular formula is C12H13N5O. The molecule has 1 saturated carbocycles. The van der Waals surface area contributed by atoms with Gasteiger partial charge >= 0.3 is 0 Å². The van der Waals surface area contributed by atoms with Gasteiger partial charge in [-0.05, 0) is 54.0 Å². The van der Waals surface area contributed by atoms with Crippen LogP contribution in [0.25, 0.3) is 5.69 Å². The average molecular weight is 243 g/mol. The summed E-state index contributed by atoms with van der Waals surface area (Å²) in [4.78, 5) is 11.7. The van der Waals surface area contributed by atoms with Gasteiger partial charge < -0.3 is 5.32 Å². The maximum Gasteiger partial charge on any atom is 0.227 e. The molecule has 1 heterocycles. The van der Waals surface area contributed by atoms with Crippen LogP contribution in [0.15, 0.2) is 24.5 Å². The summed E-state index contributed by atoms with van der Waals surface area (Å²) in [6.07, 6.45) is 3.56. The quantitative estimate of drug-likeness (QED) is 0.882. The molecule has 92 valence electrons. The van der Waals surface area contributed by atoms with Gasteiger partial charge in [-0.1, -0.05) is 0 Å². The van der Waals surface area contributed by atoms with E-state index in [-0.39, 0.29) is 11.8 Å². The van der Waals surface area contributed by atoms with Crippen molar-refractivity contribution in [2.24, 2.45) is 5.92 Å². The first kappa shape index (κ1) is 10.9. The minimum Gasteiger partial charge on any atom is -0.326 e. The molecule has 0 unspecified atom stereocenters. The molecule has 1 N–H and O–H groups in total. The van der Waals surface area contributed by atoms with E-state index in [2.05, 4.69) is 20.8 Å². The van der Waals surface area contributed by atoms with E-state index >= 15 is 0 Å². The molecule has 0 atom stereocenters. The molecule has 6 heteroatoms. The lowest BCUT2D eigenvalue weighted by atomic mass is 10.1. The van der Waals surface area contributed by atoms with Crippen molar-refractivity contribution < 1.29 is 4.79 Å². The first-order valence-corrected chi connectivity index (χ1v) is 5.89. The monoisotopic (exact) mass is 243 g/mol. The Morgan fingerprint density at radius 3 is 2.89 bits per heavy atom. The first-order chi connectivity index (χ1) is 8.74. The maximum absolute atomic E-state index is 11.7. The third-order valence-corrected chi connectivity index (χ3v) is 3.01. The number of aryl methyl sites for hydroxylation is 1. The van der Waals surface area contributed by atoms with Crippen LogP contribution in [0.1, 0.15) is 18.4 Å². The van der Waals surface area contributed by atoms with Crippen LogP contribution in [-0.2, 0) is 4.79 Å². The number of amides is 1. The van der Waals surface area contributed by atoms with Crippen molar-refractivity contribution in [3.63, 3.8) is 0 Å². The van der Waals surface area contributed by atoms with Gasteiger partial charge in [-0.3, -0.25) is 4.79 Å². The van der Waals surface area contributed by atoms with Crippen molar-refractivity contribution in [1.82, 2.24) is 20.2 Å². The standard InChI is InChI=1S/C12H13N5O/c1-8-6-10(14-12(18)9-2-3-9)4-5-11(8)17-7-13-15-16-17/h4-7,9H,2-3H2,1H3,(H,14,18).